The van der Waals surface area contributed by atoms with E-state index in [2.05, 4.69) is 144 Å². The zero-order valence-corrected chi connectivity index (χ0v) is 40.0. The fourth-order valence-electron chi connectivity index (χ4n) is 11.2. The summed E-state index contributed by atoms with van der Waals surface area (Å²) in [6, 6.07) is 0. The van der Waals surface area contributed by atoms with Gasteiger partial charge in [0.25, 0.3) is 0 Å². The van der Waals surface area contributed by atoms with Crippen LogP contribution in [0.3, 0.4) is 0 Å². The quantitative estimate of drug-likeness (QED) is 0.247. The van der Waals surface area contributed by atoms with E-state index in [0.29, 0.717) is 0 Å². The van der Waals surface area contributed by atoms with Gasteiger partial charge in [-0.2, -0.15) is 0 Å². The molecule has 2 saturated heterocycles. The van der Waals surface area contributed by atoms with Crippen LogP contribution >= 0.6 is 0 Å². The molecule has 0 bridgehead atoms. The zero-order chi connectivity index (χ0) is 28.0. The lowest BCUT2D eigenvalue weighted by Gasteiger charge is -2.84. The van der Waals surface area contributed by atoms with E-state index in [0.717, 1.165) is 0 Å². The molecule has 0 spiro atoms. The van der Waals surface area contributed by atoms with Gasteiger partial charge in [0, 0.05) is 84.3 Å². The van der Waals surface area contributed by atoms with E-state index in [-0.39, 0.29) is 0 Å². The molecular weight excluding hydrogens is 601 g/mol. The van der Waals surface area contributed by atoms with E-state index >= 15 is 0 Å². The third-order valence-electron chi connectivity index (χ3n) is 18.5. The topological polar surface area (TPSA) is 0 Å². The average Bonchev–Trinajstić information content (AvgIpc) is 2.63. The van der Waals surface area contributed by atoms with Crippen molar-refractivity contribution in [3.8, 4) is 0 Å². The Balaban J connectivity index is 3.27. The largest absolute Gasteiger partial charge is 0.0754 e. The molecule has 0 aromatic carbocycles. The first-order valence-corrected chi connectivity index (χ1v) is 62.2. The normalized spacial score (nSPS) is 35.8. The third-order valence-corrected chi connectivity index (χ3v) is 382. The number of hydrogen-bond donors (Lipinski definition) is 0. The first-order valence-electron chi connectivity index (χ1n) is 14.2. The Hall–Kier alpha value is 2.60. The summed E-state index contributed by atoms with van der Waals surface area (Å²) in [5, 5.41) is 0. The smallest absolute Gasteiger partial charge is 0.0307 e. The van der Waals surface area contributed by atoms with Gasteiger partial charge in [-0.05, 0) is 0 Å². The van der Waals surface area contributed by atoms with Crippen molar-refractivity contribution < 1.29 is 0 Å². The molecule has 34 heavy (non-hydrogen) atoms. The number of hydrogen-bond acceptors (Lipinski definition) is 0. The van der Waals surface area contributed by atoms with Gasteiger partial charge < -0.3 is 0 Å². The van der Waals surface area contributed by atoms with Crippen LogP contribution in [0.15, 0.2) is 0 Å². The van der Waals surface area contributed by atoms with Gasteiger partial charge in [-0.3, -0.25) is 0 Å². The molecule has 0 atom stereocenters. The molecule has 12 heteroatoms. The molecule has 0 nitrogen and oxygen atoms in total. The summed E-state index contributed by atoms with van der Waals surface area (Å²) in [4.78, 5) is 0. The monoisotopic (exact) mass is 666 g/mol. The van der Waals surface area contributed by atoms with Crippen molar-refractivity contribution in [2.24, 2.45) is 0 Å². The van der Waals surface area contributed by atoms with Crippen molar-refractivity contribution in [2.75, 3.05) is 0 Å². The Morgan fingerprint density at radius 2 is 0.235 bits per heavy atom. The van der Waals surface area contributed by atoms with Crippen molar-refractivity contribution >= 4 is 84.3 Å². The lowest BCUT2D eigenvalue weighted by molar-refractivity contribution is 1.72. The molecular formula is C22H66Si12. The molecule has 2 heterocycles. The first kappa shape index (κ1) is 32.8. The van der Waals surface area contributed by atoms with Crippen LogP contribution in [0.4, 0.5) is 0 Å². The maximum atomic E-state index is 3.28. The molecule has 202 valence electrons. The Bertz CT molecular complexity index is 744. The summed E-state index contributed by atoms with van der Waals surface area (Å²) < 4.78 is 0. The van der Waals surface area contributed by atoms with Crippen LogP contribution in [0.25, 0.3) is 0 Å². The van der Waals surface area contributed by atoms with Crippen molar-refractivity contribution in [1.29, 1.82) is 0 Å². The van der Waals surface area contributed by atoms with Gasteiger partial charge in [0.15, 0.2) is 0 Å². The molecule has 0 radical (unpaired) electrons. The summed E-state index contributed by atoms with van der Waals surface area (Å²) in [6.07, 6.45) is 0. The Labute approximate surface area is 226 Å². The highest BCUT2D eigenvalue weighted by molar-refractivity contribution is 8.33. The molecule has 2 aliphatic heterocycles. The van der Waals surface area contributed by atoms with Crippen LogP contribution < -0.4 is 0 Å². The maximum Gasteiger partial charge on any atom is 0.0307 e. The van der Waals surface area contributed by atoms with Crippen molar-refractivity contribution in [2.45, 2.75) is 144 Å². The minimum absolute atomic E-state index is 1.17. The minimum atomic E-state index is -1.40. The van der Waals surface area contributed by atoms with Gasteiger partial charge in [0.1, 0.15) is 0 Å². The fourth-order valence-corrected chi connectivity index (χ4v) is 709. The van der Waals surface area contributed by atoms with E-state index in [4.69, 9.17) is 0 Å². The molecule has 0 aromatic rings. The summed E-state index contributed by atoms with van der Waals surface area (Å²) in [5.74, 6) is 0. The van der Waals surface area contributed by atoms with Crippen LogP contribution in [0.2, 0.25) is 144 Å². The summed E-state index contributed by atoms with van der Waals surface area (Å²) in [7, 11) is -12.5. The molecule has 0 aromatic heterocycles. The SMILES string of the molecule is C[Si]1(C)[Si](C)(C)[Si](C)(C)[Si](C)([Si]2(C)[Si](C)(C)[Si](C)(C)[Si](C)(C)[Si](C)(C)[Si]2(C)C)[Si](C)(C)[Si]1(C)C. The standard InChI is InChI=1S/C22H66Si12/c1-23(2)25(5,6)29(13,14)33(21,30(15,16)26(23,7)8)34(22)31(17,18)27(9,10)24(3,4)28(11,12)32(34,19)20/h1-22H3. The van der Waals surface area contributed by atoms with Gasteiger partial charge in [-0.1, -0.05) is 144 Å². The van der Waals surface area contributed by atoms with E-state index in [9.17, 15) is 0 Å². The van der Waals surface area contributed by atoms with Gasteiger partial charge in [-0.25, -0.2) is 0 Å². The van der Waals surface area contributed by atoms with Gasteiger partial charge >= 0.3 is 0 Å². The van der Waals surface area contributed by atoms with Crippen LogP contribution in [0, 0.1) is 0 Å². The summed E-state index contributed by atoms with van der Waals surface area (Å²) in [6.45, 7) is 64.9. The van der Waals surface area contributed by atoms with Crippen molar-refractivity contribution in [3.05, 3.63) is 0 Å². The molecule has 0 unspecified atom stereocenters. The fraction of sp³-hybridized carbons (Fsp3) is 1.00. The second kappa shape index (κ2) is 7.66. The van der Waals surface area contributed by atoms with Crippen LogP contribution in [-0.4, -0.2) is 84.3 Å². The first-order chi connectivity index (χ1) is 14.2. The molecule has 0 aliphatic carbocycles. The van der Waals surface area contributed by atoms with E-state index in [1.54, 1.807) is 0 Å². The second-order valence-corrected chi connectivity index (χ2v) is 172. The van der Waals surface area contributed by atoms with Gasteiger partial charge in [0.2, 0.25) is 0 Å². The molecule has 0 saturated carbocycles. The zero-order valence-electron chi connectivity index (χ0n) is 28.0. The predicted octanol–water partition coefficient (Wildman–Crippen LogP) is 8.27. The van der Waals surface area contributed by atoms with Crippen LogP contribution in [-0.2, 0) is 0 Å². The van der Waals surface area contributed by atoms with Gasteiger partial charge in [0.05, 0.1) is 0 Å². The molecule has 2 fully saturated rings. The molecule has 0 amide bonds. The minimum Gasteiger partial charge on any atom is -0.0754 e. The highest BCUT2D eigenvalue weighted by Gasteiger charge is 2.88. The lowest BCUT2D eigenvalue weighted by atomic mass is 11.9. The Morgan fingerprint density at radius 3 is 0.353 bits per heavy atom. The van der Waals surface area contributed by atoms with E-state index < -0.39 is 84.3 Å². The number of rotatable bonds is 1. The average molecular weight is 668 g/mol. The Kier molecular flexibility index (Phi) is 7.39. The highest BCUT2D eigenvalue weighted by atomic mass is 30.5. The third kappa shape index (κ3) is 2.73. The lowest BCUT2D eigenvalue weighted by Crippen LogP contribution is -3.14. The Morgan fingerprint density at radius 1 is 0.147 bits per heavy atom. The van der Waals surface area contributed by atoms with E-state index in [1.165, 1.54) is 0 Å². The second-order valence-electron chi connectivity index (χ2n) is 18.5. The summed E-state index contributed by atoms with van der Waals surface area (Å²) in [5.41, 5.74) is 0. The van der Waals surface area contributed by atoms with E-state index in [1.807, 2.05) is 0 Å². The van der Waals surface area contributed by atoms with Crippen LogP contribution in [0.5, 0.6) is 0 Å². The summed E-state index contributed by atoms with van der Waals surface area (Å²) >= 11 is 0. The molecule has 0 N–H and O–H groups in total. The maximum absolute atomic E-state index is 3.28. The van der Waals surface area contributed by atoms with Crippen molar-refractivity contribution in [3.63, 3.8) is 0 Å². The molecule has 2 rings (SSSR count). The highest BCUT2D eigenvalue weighted by Crippen LogP contribution is 2.61. The molecule has 2 aliphatic rings. The predicted molar refractivity (Wildman–Crippen MR) is 198 cm³/mol. The van der Waals surface area contributed by atoms with Gasteiger partial charge in [-0.15, -0.1) is 0 Å². The van der Waals surface area contributed by atoms with Crippen molar-refractivity contribution in [1.82, 2.24) is 0 Å². The van der Waals surface area contributed by atoms with Crippen LogP contribution in [0.1, 0.15) is 0 Å².